The molecule has 18 heavy (non-hydrogen) atoms. The maximum absolute atomic E-state index is 11.8. The molecule has 1 unspecified atom stereocenters. The van der Waals surface area contributed by atoms with E-state index in [-0.39, 0.29) is 17.2 Å². The molecule has 0 aliphatic heterocycles. The van der Waals surface area contributed by atoms with E-state index in [1.807, 2.05) is 0 Å². The van der Waals surface area contributed by atoms with Crippen molar-refractivity contribution >= 4 is 33.4 Å². The zero-order chi connectivity index (χ0) is 13.5. The Hall–Kier alpha value is -0.740. The van der Waals surface area contributed by atoms with Crippen molar-refractivity contribution in [1.29, 1.82) is 0 Å². The SMILES string of the molecule is CC(CCl)CCCNC(=O)c1cc(Br)ccc1O. The molecule has 0 heterocycles. The third-order valence-electron chi connectivity index (χ3n) is 2.63. The van der Waals surface area contributed by atoms with Crippen molar-refractivity contribution in [2.24, 2.45) is 5.92 Å². The van der Waals surface area contributed by atoms with Crippen LogP contribution in [-0.2, 0) is 0 Å². The van der Waals surface area contributed by atoms with Crippen molar-refractivity contribution in [2.45, 2.75) is 19.8 Å². The van der Waals surface area contributed by atoms with Crippen LogP contribution in [0.4, 0.5) is 0 Å². The fourth-order valence-corrected chi connectivity index (χ4v) is 2.03. The summed E-state index contributed by atoms with van der Waals surface area (Å²) in [4.78, 5) is 11.8. The third-order valence-corrected chi connectivity index (χ3v) is 3.65. The van der Waals surface area contributed by atoms with Gasteiger partial charge in [-0.25, -0.2) is 0 Å². The number of alkyl halides is 1. The molecule has 3 nitrogen and oxygen atoms in total. The maximum Gasteiger partial charge on any atom is 0.255 e. The molecule has 1 aromatic rings. The molecule has 0 fully saturated rings. The lowest BCUT2D eigenvalue weighted by molar-refractivity contribution is 0.0950. The number of halogens is 2. The van der Waals surface area contributed by atoms with E-state index in [0.717, 1.165) is 17.3 Å². The van der Waals surface area contributed by atoms with Crippen LogP contribution in [0.2, 0.25) is 0 Å². The molecule has 0 aliphatic rings. The number of aromatic hydroxyl groups is 1. The smallest absolute Gasteiger partial charge is 0.255 e. The summed E-state index contributed by atoms with van der Waals surface area (Å²) in [5.41, 5.74) is 0.287. The summed E-state index contributed by atoms with van der Waals surface area (Å²) in [6.45, 7) is 2.67. The number of phenols is 1. The summed E-state index contributed by atoms with van der Waals surface area (Å²) < 4.78 is 0.765. The predicted molar refractivity (Wildman–Crippen MR) is 77.3 cm³/mol. The number of carbonyl (C=O) groups excluding carboxylic acids is 1. The topological polar surface area (TPSA) is 49.3 Å². The van der Waals surface area contributed by atoms with Crippen molar-refractivity contribution in [2.75, 3.05) is 12.4 Å². The van der Waals surface area contributed by atoms with Gasteiger partial charge in [0, 0.05) is 16.9 Å². The molecule has 1 aromatic carbocycles. The van der Waals surface area contributed by atoms with Crippen LogP contribution in [-0.4, -0.2) is 23.4 Å². The fraction of sp³-hybridized carbons (Fsp3) is 0.462. The largest absolute Gasteiger partial charge is 0.507 e. The van der Waals surface area contributed by atoms with Crippen molar-refractivity contribution in [3.05, 3.63) is 28.2 Å². The van der Waals surface area contributed by atoms with Gasteiger partial charge in [-0.1, -0.05) is 22.9 Å². The van der Waals surface area contributed by atoms with Crippen molar-refractivity contribution < 1.29 is 9.90 Å². The minimum Gasteiger partial charge on any atom is -0.507 e. The highest BCUT2D eigenvalue weighted by Gasteiger charge is 2.11. The van der Waals surface area contributed by atoms with Gasteiger partial charge in [0.25, 0.3) is 5.91 Å². The van der Waals surface area contributed by atoms with Crippen molar-refractivity contribution in [1.82, 2.24) is 5.32 Å². The Kier molecular flexibility index (Phi) is 6.50. The Labute approximate surface area is 121 Å². The van der Waals surface area contributed by atoms with Gasteiger partial charge in [0.05, 0.1) is 5.56 Å². The van der Waals surface area contributed by atoms with Crippen molar-refractivity contribution in [3.8, 4) is 5.75 Å². The van der Waals surface area contributed by atoms with Crippen LogP contribution in [0, 0.1) is 5.92 Å². The second-order valence-corrected chi connectivity index (χ2v) is 5.54. The number of nitrogens with one attached hydrogen (secondary N) is 1. The first-order valence-corrected chi connectivity index (χ1v) is 7.20. The van der Waals surface area contributed by atoms with Gasteiger partial charge >= 0.3 is 0 Å². The van der Waals surface area contributed by atoms with Crippen LogP contribution in [0.3, 0.4) is 0 Å². The Morgan fingerprint density at radius 3 is 2.94 bits per heavy atom. The number of phenolic OH excluding ortho intramolecular Hbond substituents is 1. The molecule has 1 amide bonds. The molecular formula is C13H17BrClNO2. The molecule has 0 bridgehead atoms. The minimum absolute atomic E-state index is 0.00942. The molecule has 0 aromatic heterocycles. The Balaban J connectivity index is 2.43. The van der Waals surface area contributed by atoms with Gasteiger partial charge < -0.3 is 10.4 Å². The second kappa shape index (κ2) is 7.64. The molecule has 0 aliphatic carbocycles. The molecule has 1 rings (SSSR count). The number of benzene rings is 1. The number of carbonyl (C=O) groups is 1. The van der Waals surface area contributed by atoms with Gasteiger partial charge in [0.15, 0.2) is 0 Å². The van der Waals surface area contributed by atoms with Crippen LogP contribution < -0.4 is 5.32 Å². The molecule has 1 atom stereocenters. The monoisotopic (exact) mass is 333 g/mol. The molecule has 0 radical (unpaired) electrons. The van der Waals surface area contributed by atoms with E-state index in [4.69, 9.17) is 11.6 Å². The van der Waals surface area contributed by atoms with E-state index in [9.17, 15) is 9.90 Å². The number of hydrogen-bond donors (Lipinski definition) is 2. The normalized spacial score (nSPS) is 12.2. The Morgan fingerprint density at radius 1 is 1.56 bits per heavy atom. The second-order valence-electron chi connectivity index (χ2n) is 4.32. The van der Waals surface area contributed by atoms with Gasteiger partial charge in [-0.05, 0) is 37.0 Å². The van der Waals surface area contributed by atoms with Crippen molar-refractivity contribution in [3.63, 3.8) is 0 Å². The summed E-state index contributed by atoms with van der Waals surface area (Å²) in [5, 5.41) is 12.4. The summed E-state index contributed by atoms with van der Waals surface area (Å²) in [6.07, 6.45) is 1.86. The van der Waals surface area contributed by atoms with Gasteiger partial charge in [-0.2, -0.15) is 0 Å². The zero-order valence-electron chi connectivity index (χ0n) is 10.2. The van der Waals surface area contributed by atoms with Crippen LogP contribution in [0.1, 0.15) is 30.1 Å². The first-order chi connectivity index (χ1) is 8.54. The summed E-state index contributed by atoms with van der Waals surface area (Å²) >= 11 is 8.97. The van der Waals surface area contributed by atoms with E-state index in [1.54, 1.807) is 12.1 Å². The van der Waals surface area contributed by atoms with E-state index in [1.165, 1.54) is 6.07 Å². The van der Waals surface area contributed by atoms with Crippen LogP contribution in [0.5, 0.6) is 5.75 Å². The standard InChI is InChI=1S/C13H17BrClNO2/c1-9(8-15)3-2-6-16-13(18)11-7-10(14)4-5-12(11)17/h4-5,7,9,17H,2-3,6,8H2,1H3,(H,16,18). The van der Waals surface area contributed by atoms with Gasteiger partial charge in [0.1, 0.15) is 5.75 Å². The van der Waals surface area contributed by atoms with Gasteiger partial charge in [0.2, 0.25) is 0 Å². The molecule has 100 valence electrons. The summed E-state index contributed by atoms with van der Waals surface area (Å²) in [6, 6.07) is 4.79. The quantitative estimate of drug-likeness (QED) is 0.617. The van der Waals surface area contributed by atoms with E-state index < -0.39 is 0 Å². The highest BCUT2D eigenvalue weighted by Crippen LogP contribution is 2.21. The van der Waals surface area contributed by atoms with Gasteiger partial charge in [-0.15, -0.1) is 11.6 Å². The maximum atomic E-state index is 11.8. The lowest BCUT2D eigenvalue weighted by atomic mass is 10.1. The number of amides is 1. The molecule has 2 N–H and O–H groups in total. The average molecular weight is 335 g/mol. The summed E-state index contributed by atoms with van der Waals surface area (Å²) in [5.74, 6) is 0.834. The number of hydrogen-bond acceptors (Lipinski definition) is 2. The first-order valence-electron chi connectivity index (χ1n) is 5.87. The zero-order valence-corrected chi connectivity index (χ0v) is 12.6. The predicted octanol–water partition coefficient (Wildman–Crippen LogP) is 3.54. The molecule has 0 saturated heterocycles. The average Bonchev–Trinajstić information content (AvgIpc) is 2.36. The fourth-order valence-electron chi connectivity index (χ4n) is 1.51. The minimum atomic E-state index is -0.257. The molecule has 0 saturated carbocycles. The molecule has 0 spiro atoms. The third kappa shape index (κ3) is 4.86. The molecular weight excluding hydrogens is 318 g/mol. The van der Waals surface area contributed by atoms with E-state index >= 15 is 0 Å². The van der Waals surface area contributed by atoms with E-state index in [2.05, 4.69) is 28.2 Å². The lowest BCUT2D eigenvalue weighted by Crippen LogP contribution is -2.24. The van der Waals surface area contributed by atoms with E-state index in [0.29, 0.717) is 18.3 Å². The Morgan fingerprint density at radius 2 is 2.28 bits per heavy atom. The van der Waals surface area contributed by atoms with Crippen LogP contribution in [0.15, 0.2) is 22.7 Å². The van der Waals surface area contributed by atoms with Crippen LogP contribution >= 0.6 is 27.5 Å². The molecule has 5 heteroatoms. The van der Waals surface area contributed by atoms with Crippen LogP contribution in [0.25, 0.3) is 0 Å². The highest BCUT2D eigenvalue weighted by molar-refractivity contribution is 9.10. The lowest BCUT2D eigenvalue weighted by Gasteiger charge is -2.09. The highest BCUT2D eigenvalue weighted by atomic mass is 79.9. The Bertz CT molecular complexity index is 412. The number of rotatable bonds is 6. The summed E-state index contributed by atoms with van der Waals surface area (Å²) in [7, 11) is 0. The van der Waals surface area contributed by atoms with Gasteiger partial charge in [-0.3, -0.25) is 4.79 Å². The first kappa shape index (κ1) is 15.3.